The third-order valence-corrected chi connectivity index (χ3v) is 1.81. The molecule has 0 unspecified atom stereocenters. The summed E-state index contributed by atoms with van der Waals surface area (Å²) in [5.41, 5.74) is 0. The molecule has 0 spiro atoms. The molecule has 0 atom stereocenters. The average Bonchev–Trinajstić information content (AvgIpc) is 1.90. The molecule has 3 aromatic rings. The van der Waals surface area contributed by atoms with E-state index in [4.69, 9.17) is 11.6 Å². The number of benzene rings is 3. The third-order valence-electron chi connectivity index (χ3n) is 1.48. The van der Waals surface area contributed by atoms with E-state index in [-0.39, 0.29) is 0 Å². The average molecular weight is 137 g/mol. The molecule has 0 N–H and O–H groups in total. The Kier molecular flexibility index (Phi) is 0.908. The Labute approximate surface area is 58.4 Å². The Morgan fingerprint density at radius 2 is 1.67 bits per heavy atom. The number of halogens is 1. The van der Waals surface area contributed by atoms with Crippen molar-refractivity contribution in [1.29, 1.82) is 0 Å². The van der Waals surface area contributed by atoms with Crippen LogP contribution in [-0.4, -0.2) is 0 Å². The van der Waals surface area contributed by atoms with Crippen LogP contribution in [0, 0.1) is 0 Å². The lowest BCUT2D eigenvalue weighted by molar-refractivity contribution is 1.76. The lowest BCUT2D eigenvalue weighted by Crippen LogP contribution is -1.72. The highest BCUT2D eigenvalue weighted by atomic mass is 35.5. The molecule has 0 aliphatic rings. The van der Waals surface area contributed by atoms with Crippen LogP contribution in [0.15, 0.2) is 30.3 Å². The lowest BCUT2D eigenvalue weighted by Gasteiger charge is -1.98. The van der Waals surface area contributed by atoms with E-state index in [0.717, 1.165) is 10.4 Å². The maximum Gasteiger partial charge on any atom is 0.0484 e. The fourth-order valence-electron chi connectivity index (χ4n) is 0.968. The SMILES string of the molecule is Clc1cc2ccc1cc2. The van der Waals surface area contributed by atoms with Gasteiger partial charge in [0, 0.05) is 5.02 Å². The van der Waals surface area contributed by atoms with Gasteiger partial charge in [0.1, 0.15) is 0 Å². The molecule has 3 rings (SSSR count). The van der Waals surface area contributed by atoms with Crippen LogP contribution in [0.25, 0.3) is 10.8 Å². The third kappa shape index (κ3) is 0.672. The van der Waals surface area contributed by atoms with Gasteiger partial charge in [-0.1, -0.05) is 35.9 Å². The molecular formula is C8H5Cl. The Morgan fingerprint density at radius 3 is 1.89 bits per heavy atom. The van der Waals surface area contributed by atoms with Crippen molar-refractivity contribution >= 4 is 22.4 Å². The highest BCUT2D eigenvalue weighted by Crippen LogP contribution is 2.22. The van der Waals surface area contributed by atoms with Crippen LogP contribution in [0.5, 0.6) is 0 Å². The Bertz CT molecular complexity index is 294. The first-order chi connectivity index (χ1) is 4.36. The molecular weight excluding hydrogens is 132 g/mol. The molecule has 0 nitrogen and oxygen atoms in total. The summed E-state index contributed by atoms with van der Waals surface area (Å²) in [6, 6.07) is 10.1. The Hall–Kier alpha value is -0.750. The molecule has 0 aromatic heterocycles. The van der Waals surface area contributed by atoms with E-state index in [0.29, 0.717) is 0 Å². The maximum absolute atomic E-state index is 5.81. The largest absolute Gasteiger partial charge is 0.0837 e. The Balaban J connectivity index is 2.98. The van der Waals surface area contributed by atoms with Crippen LogP contribution in [0.2, 0.25) is 5.02 Å². The summed E-state index contributed by atoms with van der Waals surface area (Å²) in [6.45, 7) is 0. The lowest BCUT2D eigenvalue weighted by atomic mass is 10.1. The first kappa shape index (κ1) is 5.07. The first-order valence-electron chi connectivity index (χ1n) is 2.84. The van der Waals surface area contributed by atoms with Gasteiger partial charge in [0.15, 0.2) is 0 Å². The van der Waals surface area contributed by atoms with Gasteiger partial charge in [0.2, 0.25) is 0 Å². The molecule has 44 valence electrons. The van der Waals surface area contributed by atoms with Gasteiger partial charge in [-0.15, -0.1) is 0 Å². The van der Waals surface area contributed by atoms with Gasteiger partial charge in [-0.05, 0) is 16.8 Å². The van der Waals surface area contributed by atoms with E-state index < -0.39 is 0 Å². The molecule has 0 radical (unpaired) electrons. The molecule has 0 saturated carbocycles. The minimum absolute atomic E-state index is 0.856. The van der Waals surface area contributed by atoms with Crippen molar-refractivity contribution < 1.29 is 0 Å². The topological polar surface area (TPSA) is 0 Å². The van der Waals surface area contributed by atoms with Crippen molar-refractivity contribution in [3.05, 3.63) is 35.4 Å². The van der Waals surface area contributed by atoms with Gasteiger partial charge < -0.3 is 0 Å². The predicted octanol–water partition coefficient (Wildman–Crippen LogP) is 2.93. The second-order valence-corrected chi connectivity index (χ2v) is 2.52. The summed E-state index contributed by atoms with van der Waals surface area (Å²) in [7, 11) is 0. The number of fused-ring (bicyclic) bond motifs is 3. The standard InChI is InChI=1S/C8H5Cl/c9-8-5-6-1-3-7(8)4-2-6/h1-5H. The summed E-state index contributed by atoms with van der Waals surface area (Å²) in [4.78, 5) is 0. The highest BCUT2D eigenvalue weighted by molar-refractivity contribution is 6.34. The number of hydrogen-bond acceptors (Lipinski definition) is 0. The van der Waals surface area contributed by atoms with Gasteiger partial charge in [0.25, 0.3) is 0 Å². The van der Waals surface area contributed by atoms with E-state index in [1.807, 2.05) is 18.2 Å². The quantitative estimate of drug-likeness (QED) is 0.523. The highest BCUT2D eigenvalue weighted by Gasteiger charge is 1.94. The summed E-state index contributed by atoms with van der Waals surface area (Å²) >= 11 is 5.81. The van der Waals surface area contributed by atoms with Gasteiger partial charge in [-0.2, -0.15) is 0 Å². The second-order valence-electron chi connectivity index (χ2n) is 2.11. The van der Waals surface area contributed by atoms with Crippen LogP contribution < -0.4 is 0 Å². The molecule has 0 aliphatic carbocycles. The smallest absolute Gasteiger partial charge is 0.0484 e. The zero-order valence-corrected chi connectivity index (χ0v) is 5.52. The van der Waals surface area contributed by atoms with Gasteiger partial charge in [-0.3, -0.25) is 0 Å². The molecule has 1 heteroatoms. The zero-order chi connectivity index (χ0) is 6.27. The molecule has 2 bridgehead atoms. The summed E-state index contributed by atoms with van der Waals surface area (Å²) in [5.74, 6) is 0. The molecule has 0 heterocycles. The molecule has 9 heavy (non-hydrogen) atoms. The number of hydrogen-bond donors (Lipinski definition) is 0. The van der Waals surface area contributed by atoms with Crippen LogP contribution in [0.3, 0.4) is 0 Å². The number of rotatable bonds is 0. The maximum atomic E-state index is 5.81. The van der Waals surface area contributed by atoms with E-state index >= 15 is 0 Å². The molecule has 3 aromatic carbocycles. The first-order valence-corrected chi connectivity index (χ1v) is 3.22. The fourth-order valence-corrected chi connectivity index (χ4v) is 1.22. The van der Waals surface area contributed by atoms with Crippen molar-refractivity contribution in [1.82, 2.24) is 0 Å². The Morgan fingerprint density at radius 1 is 1.00 bits per heavy atom. The van der Waals surface area contributed by atoms with E-state index in [9.17, 15) is 0 Å². The van der Waals surface area contributed by atoms with E-state index in [2.05, 4.69) is 12.1 Å². The summed E-state index contributed by atoms with van der Waals surface area (Å²) in [5, 5.41) is 3.16. The van der Waals surface area contributed by atoms with Crippen LogP contribution >= 0.6 is 11.6 Å². The van der Waals surface area contributed by atoms with Crippen molar-refractivity contribution in [3.8, 4) is 0 Å². The van der Waals surface area contributed by atoms with Crippen molar-refractivity contribution in [2.45, 2.75) is 0 Å². The summed E-state index contributed by atoms with van der Waals surface area (Å²) < 4.78 is 0. The van der Waals surface area contributed by atoms with Crippen LogP contribution in [-0.2, 0) is 0 Å². The van der Waals surface area contributed by atoms with Gasteiger partial charge in [-0.25, -0.2) is 0 Å². The van der Waals surface area contributed by atoms with Crippen molar-refractivity contribution in [3.63, 3.8) is 0 Å². The van der Waals surface area contributed by atoms with E-state index in [1.165, 1.54) is 5.39 Å². The van der Waals surface area contributed by atoms with Crippen molar-refractivity contribution in [2.24, 2.45) is 0 Å². The minimum atomic E-state index is 0.856. The van der Waals surface area contributed by atoms with Crippen molar-refractivity contribution in [2.75, 3.05) is 0 Å². The fraction of sp³-hybridized carbons (Fsp3) is 0. The minimum Gasteiger partial charge on any atom is -0.0837 e. The summed E-state index contributed by atoms with van der Waals surface area (Å²) in [6.07, 6.45) is 0. The molecule has 0 aliphatic heterocycles. The molecule has 0 fully saturated rings. The molecule has 0 saturated heterocycles. The monoisotopic (exact) mass is 136 g/mol. The second kappa shape index (κ2) is 1.61. The van der Waals surface area contributed by atoms with Crippen LogP contribution in [0.4, 0.5) is 0 Å². The van der Waals surface area contributed by atoms with E-state index in [1.54, 1.807) is 0 Å². The normalized spacial score (nSPS) is 10.8. The molecule has 0 amide bonds. The van der Waals surface area contributed by atoms with Gasteiger partial charge >= 0.3 is 0 Å². The predicted molar refractivity (Wildman–Crippen MR) is 40.1 cm³/mol. The van der Waals surface area contributed by atoms with Crippen LogP contribution in [0.1, 0.15) is 0 Å². The zero-order valence-electron chi connectivity index (χ0n) is 4.76. The van der Waals surface area contributed by atoms with Gasteiger partial charge in [0.05, 0.1) is 0 Å².